The number of nitrogens with zero attached hydrogens (tertiary/aromatic N) is 1. The normalized spacial score (nSPS) is 18.3. The lowest BCUT2D eigenvalue weighted by Gasteiger charge is -2.34. The van der Waals surface area contributed by atoms with E-state index in [0.29, 0.717) is 6.04 Å². The minimum Gasteiger partial charge on any atom is -0.314 e. The quantitative estimate of drug-likeness (QED) is 0.845. The standard InChI is InChI=1S/C17H20N2/c1-2-17(19-12-10-18-11-13-19)16-9-5-7-14-6-3-4-8-15(14)16/h2-9,17-18H,1,10-13H2/t17-/m0/s1. The second-order valence-corrected chi connectivity index (χ2v) is 5.03. The van der Waals surface area contributed by atoms with Gasteiger partial charge in [0, 0.05) is 26.2 Å². The summed E-state index contributed by atoms with van der Waals surface area (Å²) in [4.78, 5) is 2.51. The number of piperazine rings is 1. The van der Waals surface area contributed by atoms with Crippen LogP contribution in [0.3, 0.4) is 0 Å². The molecule has 0 aromatic heterocycles. The molecule has 0 aliphatic carbocycles. The van der Waals surface area contributed by atoms with Crippen molar-refractivity contribution in [3.63, 3.8) is 0 Å². The van der Waals surface area contributed by atoms with Crippen molar-refractivity contribution >= 4 is 10.8 Å². The molecular weight excluding hydrogens is 232 g/mol. The molecule has 3 rings (SSSR count). The Kier molecular flexibility index (Phi) is 3.62. The molecular formula is C17H20N2. The Morgan fingerprint density at radius 2 is 1.79 bits per heavy atom. The van der Waals surface area contributed by atoms with Crippen LogP contribution in [-0.4, -0.2) is 31.1 Å². The summed E-state index contributed by atoms with van der Waals surface area (Å²) in [6, 6.07) is 15.5. The van der Waals surface area contributed by atoms with E-state index in [-0.39, 0.29) is 0 Å². The molecule has 0 radical (unpaired) electrons. The smallest absolute Gasteiger partial charge is 0.0536 e. The van der Waals surface area contributed by atoms with E-state index in [1.165, 1.54) is 16.3 Å². The zero-order chi connectivity index (χ0) is 13.1. The largest absolute Gasteiger partial charge is 0.314 e. The highest BCUT2D eigenvalue weighted by Crippen LogP contribution is 2.29. The third-order valence-corrected chi connectivity index (χ3v) is 3.91. The molecule has 0 unspecified atom stereocenters. The second kappa shape index (κ2) is 5.55. The van der Waals surface area contributed by atoms with Crippen LogP contribution < -0.4 is 5.32 Å². The van der Waals surface area contributed by atoms with Crippen LogP contribution in [0.15, 0.2) is 55.1 Å². The molecule has 1 heterocycles. The van der Waals surface area contributed by atoms with Gasteiger partial charge in [-0.3, -0.25) is 4.90 Å². The van der Waals surface area contributed by atoms with Gasteiger partial charge in [-0.15, -0.1) is 6.58 Å². The fraction of sp³-hybridized carbons (Fsp3) is 0.294. The highest BCUT2D eigenvalue weighted by molar-refractivity contribution is 5.86. The zero-order valence-corrected chi connectivity index (χ0v) is 11.2. The van der Waals surface area contributed by atoms with E-state index < -0.39 is 0 Å². The first-order valence-corrected chi connectivity index (χ1v) is 6.95. The Bertz CT molecular complexity index is 565. The van der Waals surface area contributed by atoms with Gasteiger partial charge in [0.05, 0.1) is 6.04 Å². The van der Waals surface area contributed by atoms with Crippen molar-refractivity contribution < 1.29 is 0 Å². The first kappa shape index (κ1) is 12.4. The average molecular weight is 252 g/mol. The number of hydrogen-bond acceptors (Lipinski definition) is 2. The molecule has 2 heteroatoms. The lowest BCUT2D eigenvalue weighted by Crippen LogP contribution is -2.44. The van der Waals surface area contributed by atoms with Gasteiger partial charge in [0.1, 0.15) is 0 Å². The number of nitrogens with one attached hydrogen (secondary N) is 1. The molecule has 1 aliphatic heterocycles. The second-order valence-electron chi connectivity index (χ2n) is 5.03. The van der Waals surface area contributed by atoms with E-state index in [1.807, 2.05) is 0 Å². The van der Waals surface area contributed by atoms with Gasteiger partial charge in [-0.25, -0.2) is 0 Å². The molecule has 2 nitrogen and oxygen atoms in total. The highest BCUT2D eigenvalue weighted by atomic mass is 15.2. The van der Waals surface area contributed by atoms with E-state index in [1.54, 1.807) is 0 Å². The molecule has 0 saturated carbocycles. The van der Waals surface area contributed by atoms with Crippen LogP contribution in [0.1, 0.15) is 11.6 Å². The Balaban J connectivity index is 2.03. The Morgan fingerprint density at radius 1 is 1.05 bits per heavy atom. The van der Waals surface area contributed by atoms with E-state index in [9.17, 15) is 0 Å². The van der Waals surface area contributed by atoms with Gasteiger partial charge < -0.3 is 5.32 Å². The summed E-state index contributed by atoms with van der Waals surface area (Å²) in [6.07, 6.45) is 2.08. The summed E-state index contributed by atoms with van der Waals surface area (Å²) in [5, 5.41) is 6.05. The minimum atomic E-state index is 0.313. The molecule has 0 amide bonds. The Morgan fingerprint density at radius 3 is 2.58 bits per heavy atom. The molecule has 2 aromatic carbocycles. The van der Waals surface area contributed by atoms with Crippen molar-refractivity contribution in [2.45, 2.75) is 6.04 Å². The summed E-state index contributed by atoms with van der Waals surface area (Å²) < 4.78 is 0. The number of hydrogen-bond donors (Lipinski definition) is 1. The number of rotatable bonds is 3. The monoisotopic (exact) mass is 252 g/mol. The fourth-order valence-corrected chi connectivity index (χ4v) is 2.94. The van der Waals surface area contributed by atoms with Crippen molar-refractivity contribution in [1.29, 1.82) is 0 Å². The maximum atomic E-state index is 4.06. The number of benzene rings is 2. The Hall–Kier alpha value is -1.64. The highest BCUT2D eigenvalue weighted by Gasteiger charge is 2.20. The van der Waals surface area contributed by atoms with Crippen molar-refractivity contribution in [2.75, 3.05) is 26.2 Å². The van der Waals surface area contributed by atoms with Gasteiger partial charge in [0.25, 0.3) is 0 Å². The summed E-state index contributed by atoms with van der Waals surface area (Å²) in [5.74, 6) is 0. The molecule has 1 aliphatic rings. The third kappa shape index (κ3) is 2.42. The van der Waals surface area contributed by atoms with Gasteiger partial charge in [-0.05, 0) is 16.3 Å². The first-order valence-electron chi connectivity index (χ1n) is 6.95. The predicted molar refractivity (Wildman–Crippen MR) is 81.3 cm³/mol. The van der Waals surface area contributed by atoms with Crippen molar-refractivity contribution in [3.8, 4) is 0 Å². The lowest BCUT2D eigenvalue weighted by atomic mass is 9.97. The summed E-state index contributed by atoms with van der Waals surface area (Å²) in [6.45, 7) is 8.35. The lowest BCUT2D eigenvalue weighted by molar-refractivity contribution is 0.204. The molecule has 1 fully saturated rings. The zero-order valence-electron chi connectivity index (χ0n) is 11.2. The summed E-state index contributed by atoms with van der Waals surface area (Å²) in [5.41, 5.74) is 1.37. The van der Waals surface area contributed by atoms with E-state index in [2.05, 4.69) is 65.3 Å². The molecule has 1 saturated heterocycles. The maximum Gasteiger partial charge on any atom is 0.0536 e. The van der Waals surface area contributed by atoms with Crippen LogP contribution in [-0.2, 0) is 0 Å². The topological polar surface area (TPSA) is 15.3 Å². The average Bonchev–Trinajstić information content (AvgIpc) is 2.49. The maximum absolute atomic E-state index is 4.06. The molecule has 98 valence electrons. The molecule has 19 heavy (non-hydrogen) atoms. The molecule has 2 aromatic rings. The van der Waals surface area contributed by atoms with E-state index in [0.717, 1.165) is 26.2 Å². The summed E-state index contributed by atoms with van der Waals surface area (Å²) >= 11 is 0. The number of fused-ring (bicyclic) bond motifs is 1. The first-order chi connectivity index (χ1) is 9.40. The van der Waals surface area contributed by atoms with E-state index >= 15 is 0 Å². The Labute approximate surface area is 114 Å². The SMILES string of the molecule is C=C[C@@H](c1cccc2ccccc12)N1CCNCC1. The molecule has 1 atom stereocenters. The van der Waals surface area contributed by atoms with Crippen LogP contribution in [0.25, 0.3) is 10.8 Å². The van der Waals surface area contributed by atoms with Gasteiger partial charge in [0.15, 0.2) is 0 Å². The summed E-state index contributed by atoms with van der Waals surface area (Å²) in [7, 11) is 0. The fourth-order valence-electron chi connectivity index (χ4n) is 2.94. The molecule has 0 bridgehead atoms. The minimum absolute atomic E-state index is 0.313. The van der Waals surface area contributed by atoms with E-state index in [4.69, 9.17) is 0 Å². The molecule has 1 N–H and O–H groups in total. The molecule has 0 spiro atoms. The van der Waals surface area contributed by atoms with Crippen molar-refractivity contribution in [1.82, 2.24) is 10.2 Å². The van der Waals surface area contributed by atoms with Gasteiger partial charge in [0.2, 0.25) is 0 Å². The van der Waals surface area contributed by atoms with Crippen molar-refractivity contribution in [2.24, 2.45) is 0 Å². The van der Waals surface area contributed by atoms with Gasteiger partial charge in [-0.2, -0.15) is 0 Å². The van der Waals surface area contributed by atoms with Crippen LogP contribution in [0.4, 0.5) is 0 Å². The van der Waals surface area contributed by atoms with Crippen molar-refractivity contribution in [3.05, 3.63) is 60.7 Å². The third-order valence-electron chi connectivity index (χ3n) is 3.91. The van der Waals surface area contributed by atoms with Crippen LogP contribution >= 0.6 is 0 Å². The predicted octanol–water partition coefficient (Wildman–Crippen LogP) is 2.97. The van der Waals surface area contributed by atoms with Gasteiger partial charge in [-0.1, -0.05) is 48.5 Å². The van der Waals surface area contributed by atoms with Crippen LogP contribution in [0, 0.1) is 0 Å². The van der Waals surface area contributed by atoms with Gasteiger partial charge >= 0.3 is 0 Å². The van der Waals surface area contributed by atoms with Crippen LogP contribution in [0.2, 0.25) is 0 Å². The van der Waals surface area contributed by atoms with Crippen LogP contribution in [0.5, 0.6) is 0 Å².